The molecule has 0 saturated heterocycles. The lowest BCUT2D eigenvalue weighted by atomic mass is 9.86. The molecule has 6 heteroatoms. The molecule has 0 spiro atoms. The Hall–Kier alpha value is -1.66. The Balaban J connectivity index is 2.46. The third-order valence-electron chi connectivity index (χ3n) is 2.09. The topological polar surface area (TPSA) is 71.2 Å². The first-order valence-corrected chi connectivity index (χ1v) is 4.52. The van der Waals surface area contributed by atoms with Crippen LogP contribution < -0.4 is 5.59 Å². The third-order valence-corrected chi connectivity index (χ3v) is 2.09. The van der Waals surface area contributed by atoms with Crippen LogP contribution in [0, 0.1) is 6.92 Å². The first-order valence-electron chi connectivity index (χ1n) is 4.52. The van der Waals surface area contributed by atoms with Gasteiger partial charge in [0, 0.05) is 12.4 Å². The molecule has 0 saturated carbocycles. The summed E-state index contributed by atoms with van der Waals surface area (Å²) >= 11 is 0. The van der Waals surface area contributed by atoms with E-state index in [2.05, 4.69) is 9.97 Å². The molecule has 2 N–H and O–H groups in total. The van der Waals surface area contributed by atoms with Gasteiger partial charge < -0.3 is 10.0 Å². The zero-order valence-electron chi connectivity index (χ0n) is 8.20. The molecule has 0 bridgehead atoms. The number of imidazole rings is 1. The molecule has 5 nitrogen and oxygen atoms in total. The molecule has 0 aliphatic rings. The first-order chi connectivity index (χ1) is 7.18. The maximum absolute atomic E-state index is 8.98. The van der Waals surface area contributed by atoms with Gasteiger partial charge in [0.2, 0.25) is 0 Å². The molecule has 76 valence electrons. The molecule has 0 atom stereocenters. The van der Waals surface area contributed by atoms with Crippen molar-refractivity contribution >= 4 is 12.7 Å². The smallest absolute Gasteiger partial charge is 0.422 e. The van der Waals surface area contributed by atoms with Crippen LogP contribution in [-0.2, 0) is 0 Å². The van der Waals surface area contributed by atoms with Crippen LogP contribution in [0.3, 0.4) is 0 Å². The summed E-state index contributed by atoms with van der Waals surface area (Å²) < 4.78 is 1.77. The zero-order chi connectivity index (χ0) is 10.8. The van der Waals surface area contributed by atoms with E-state index in [4.69, 9.17) is 10.0 Å². The molecule has 0 amide bonds. The van der Waals surface area contributed by atoms with Gasteiger partial charge in [0.05, 0.1) is 5.59 Å². The lowest BCUT2D eigenvalue weighted by molar-refractivity contribution is 0.424. The minimum Gasteiger partial charge on any atom is -0.422 e. The summed E-state index contributed by atoms with van der Waals surface area (Å²) in [5.74, 6) is 1.42. The second-order valence-electron chi connectivity index (χ2n) is 3.14. The van der Waals surface area contributed by atoms with E-state index in [0.29, 0.717) is 5.82 Å². The van der Waals surface area contributed by atoms with Gasteiger partial charge in [-0.05, 0) is 19.1 Å². The quantitative estimate of drug-likeness (QED) is 0.630. The lowest BCUT2D eigenvalue weighted by Crippen LogP contribution is -2.33. The largest absolute Gasteiger partial charge is 0.508 e. The highest BCUT2D eigenvalue weighted by molar-refractivity contribution is 6.57. The molecule has 0 aliphatic heterocycles. The van der Waals surface area contributed by atoms with Crippen LogP contribution >= 0.6 is 0 Å². The highest BCUT2D eigenvalue weighted by Gasteiger charge is 2.13. The van der Waals surface area contributed by atoms with E-state index in [-0.39, 0.29) is 5.59 Å². The second kappa shape index (κ2) is 3.84. The van der Waals surface area contributed by atoms with E-state index >= 15 is 0 Å². The summed E-state index contributed by atoms with van der Waals surface area (Å²) in [4.78, 5) is 8.16. The molecular weight excluding hydrogens is 193 g/mol. The predicted octanol–water partition coefficient (Wildman–Crippen LogP) is -0.744. The van der Waals surface area contributed by atoms with Crippen molar-refractivity contribution in [1.82, 2.24) is 14.5 Å². The average Bonchev–Trinajstić information content (AvgIpc) is 2.64. The van der Waals surface area contributed by atoms with E-state index in [1.807, 2.05) is 6.92 Å². The van der Waals surface area contributed by atoms with E-state index in [1.165, 1.54) is 0 Å². The SMILES string of the molecule is Cc1nccn1-c1cccc(B(O)O)n1. The van der Waals surface area contributed by atoms with Crippen molar-refractivity contribution in [2.45, 2.75) is 6.92 Å². The molecular formula is C9H10BN3O2. The van der Waals surface area contributed by atoms with Crippen LogP contribution in [-0.4, -0.2) is 31.7 Å². The van der Waals surface area contributed by atoms with Crippen molar-refractivity contribution < 1.29 is 10.0 Å². The average molecular weight is 203 g/mol. The van der Waals surface area contributed by atoms with Gasteiger partial charge in [-0.15, -0.1) is 0 Å². The summed E-state index contributed by atoms with van der Waals surface area (Å²) in [7, 11) is -1.55. The third kappa shape index (κ3) is 1.90. The summed E-state index contributed by atoms with van der Waals surface area (Å²) in [6.45, 7) is 1.85. The van der Waals surface area contributed by atoms with Gasteiger partial charge in [-0.3, -0.25) is 4.57 Å². The summed E-state index contributed by atoms with van der Waals surface area (Å²) in [6, 6.07) is 5.05. The number of hydrogen-bond acceptors (Lipinski definition) is 4. The molecule has 15 heavy (non-hydrogen) atoms. The van der Waals surface area contributed by atoms with Crippen LogP contribution in [0.25, 0.3) is 5.82 Å². The maximum Gasteiger partial charge on any atom is 0.508 e. The Kier molecular flexibility index (Phi) is 2.53. The Morgan fingerprint density at radius 1 is 1.33 bits per heavy atom. The van der Waals surface area contributed by atoms with Crippen molar-refractivity contribution in [2.75, 3.05) is 0 Å². The molecule has 2 aromatic heterocycles. The van der Waals surface area contributed by atoms with Crippen molar-refractivity contribution in [3.63, 3.8) is 0 Å². The van der Waals surface area contributed by atoms with Gasteiger partial charge in [0.15, 0.2) is 0 Å². The van der Waals surface area contributed by atoms with Crippen LogP contribution in [0.5, 0.6) is 0 Å². The van der Waals surface area contributed by atoms with Crippen LogP contribution in [0.1, 0.15) is 5.82 Å². The van der Waals surface area contributed by atoms with E-state index in [9.17, 15) is 0 Å². The van der Waals surface area contributed by atoms with E-state index in [0.717, 1.165) is 5.82 Å². The number of rotatable bonds is 2. The number of aromatic nitrogens is 3. The molecule has 0 unspecified atom stereocenters. The van der Waals surface area contributed by atoms with Gasteiger partial charge in [0.25, 0.3) is 0 Å². The number of pyridine rings is 1. The van der Waals surface area contributed by atoms with Gasteiger partial charge in [-0.25, -0.2) is 9.97 Å². The summed E-state index contributed by atoms with van der Waals surface area (Å²) in [6.07, 6.45) is 3.43. The highest BCUT2D eigenvalue weighted by Crippen LogP contribution is 2.04. The van der Waals surface area contributed by atoms with Crippen LogP contribution in [0.4, 0.5) is 0 Å². The summed E-state index contributed by atoms with van der Waals surface area (Å²) in [5, 5.41) is 18.0. The monoisotopic (exact) mass is 203 g/mol. The maximum atomic E-state index is 8.98. The normalized spacial score (nSPS) is 10.3. The highest BCUT2D eigenvalue weighted by atomic mass is 16.4. The van der Waals surface area contributed by atoms with Crippen molar-refractivity contribution in [3.05, 3.63) is 36.4 Å². The van der Waals surface area contributed by atoms with Gasteiger partial charge in [-0.1, -0.05) is 6.07 Å². The Morgan fingerprint density at radius 3 is 2.73 bits per heavy atom. The molecule has 0 aliphatic carbocycles. The van der Waals surface area contributed by atoms with Crippen molar-refractivity contribution in [3.8, 4) is 5.82 Å². The van der Waals surface area contributed by atoms with Gasteiger partial charge >= 0.3 is 7.12 Å². The lowest BCUT2D eigenvalue weighted by Gasteiger charge is -2.05. The Bertz CT molecular complexity index is 470. The fourth-order valence-corrected chi connectivity index (χ4v) is 1.34. The van der Waals surface area contributed by atoms with E-state index < -0.39 is 7.12 Å². The summed E-state index contributed by atoms with van der Waals surface area (Å²) in [5.41, 5.74) is 0.223. The number of nitrogens with zero attached hydrogens (tertiary/aromatic N) is 3. The minimum absolute atomic E-state index is 0.223. The second-order valence-corrected chi connectivity index (χ2v) is 3.14. The Labute approximate surface area is 87.2 Å². The number of hydrogen-bond donors (Lipinski definition) is 2. The van der Waals surface area contributed by atoms with Crippen LogP contribution in [0.15, 0.2) is 30.6 Å². The minimum atomic E-state index is -1.55. The predicted molar refractivity (Wildman–Crippen MR) is 55.9 cm³/mol. The van der Waals surface area contributed by atoms with E-state index in [1.54, 1.807) is 35.2 Å². The van der Waals surface area contributed by atoms with Crippen molar-refractivity contribution in [2.24, 2.45) is 0 Å². The molecule has 2 aromatic rings. The number of aryl methyl sites for hydroxylation is 1. The molecule has 0 aromatic carbocycles. The molecule has 0 fully saturated rings. The standard InChI is InChI=1S/C9H10BN3O2/c1-7-11-5-6-13(7)9-4-2-3-8(12-9)10(14)15/h2-6,14-15H,1H3. The first kappa shape index (κ1) is 9.88. The zero-order valence-corrected chi connectivity index (χ0v) is 8.20. The molecule has 0 radical (unpaired) electrons. The van der Waals surface area contributed by atoms with Gasteiger partial charge in [-0.2, -0.15) is 0 Å². The van der Waals surface area contributed by atoms with Crippen LogP contribution in [0.2, 0.25) is 0 Å². The molecule has 2 rings (SSSR count). The fourth-order valence-electron chi connectivity index (χ4n) is 1.34. The molecule has 2 heterocycles. The fraction of sp³-hybridized carbons (Fsp3) is 0.111. The van der Waals surface area contributed by atoms with Gasteiger partial charge in [0.1, 0.15) is 11.6 Å². The van der Waals surface area contributed by atoms with Crippen molar-refractivity contribution in [1.29, 1.82) is 0 Å². The Morgan fingerprint density at radius 2 is 2.13 bits per heavy atom.